The van der Waals surface area contributed by atoms with E-state index in [1.54, 1.807) is 11.8 Å². The van der Waals surface area contributed by atoms with Crippen LogP contribution in [0.25, 0.3) is 0 Å². The molecule has 1 N–H and O–H groups in total. The number of carbonyl (C=O) groups excluding carboxylic acids is 1. The van der Waals surface area contributed by atoms with Gasteiger partial charge in [0.1, 0.15) is 17.9 Å². The Kier molecular flexibility index (Phi) is 5.76. The van der Waals surface area contributed by atoms with Crippen molar-refractivity contribution in [2.24, 2.45) is 0 Å². The first-order chi connectivity index (χ1) is 11.9. The highest BCUT2D eigenvalue weighted by molar-refractivity contribution is 5.98. The number of hydrogen-bond acceptors (Lipinski definition) is 4. The second kappa shape index (κ2) is 7.80. The summed E-state index contributed by atoms with van der Waals surface area (Å²) in [7, 11) is 0. The van der Waals surface area contributed by atoms with Gasteiger partial charge in [0, 0.05) is 17.9 Å². The van der Waals surface area contributed by atoms with E-state index in [0.29, 0.717) is 17.9 Å². The molecular formula is C20H24N4O. The average molecular weight is 336 g/mol. The van der Waals surface area contributed by atoms with Gasteiger partial charge in [-0.15, -0.1) is 0 Å². The zero-order valence-electron chi connectivity index (χ0n) is 15.4. The molecule has 0 aliphatic carbocycles. The van der Waals surface area contributed by atoms with E-state index < -0.39 is 6.04 Å². The molecule has 0 bridgehead atoms. The van der Waals surface area contributed by atoms with Gasteiger partial charge in [-0.2, -0.15) is 5.26 Å². The maximum atomic E-state index is 12.9. The van der Waals surface area contributed by atoms with Gasteiger partial charge in [0.2, 0.25) is 5.91 Å². The lowest BCUT2D eigenvalue weighted by molar-refractivity contribution is -0.119. The third-order valence-corrected chi connectivity index (χ3v) is 4.08. The van der Waals surface area contributed by atoms with Crippen LogP contribution in [0.4, 0.5) is 11.5 Å². The number of nitrogens with zero attached hydrogens (tertiary/aromatic N) is 3. The molecule has 130 valence electrons. The number of anilines is 2. The van der Waals surface area contributed by atoms with Crippen LogP contribution < -0.4 is 10.2 Å². The molecule has 0 unspecified atom stereocenters. The normalized spacial score (nSPS) is 11.5. The first-order valence-corrected chi connectivity index (χ1v) is 8.40. The Bertz CT molecular complexity index is 823. The molecule has 0 radical (unpaired) electrons. The number of benzene rings is 1. The highest BCUT2D eigenvalue weighted by Crippen LogP contribution is 2.21. The molecule has 1 amide bonds. The summed E-state index contributed by atoms with van der Waals surface area (Å²) in [6, 6.07) is 11.4. The topological polar surface area (TPSA) is 69.0 Å². The number of amides is 1. The van der Waals surface area contributed by atoms with E-state index in [9.17, 15) is 10.1 Å². The van der Waals surface area contributed by atoms with E-state index >= 15 is 0 Å². The molecule has 5 heteroatoms. The zero-order valence-corrected chi connectivity index (χ0v) is 15.4. The Labute approximate surface area is 149 Å². The van der Waals surface area contributed by atoms with Gasteiger partial charge < -0.3 is 10.2 Å². The second-order valence-electron chi connectivity index (χ2n) is 6.20. The fourth-order valence-electron chi connectivity index (χ4n) is 2.84. The lowest BCUT2D eigenvalue weighted by atomic mass is 10.1. The van der Waals surface area contributed by atoms with E-state index in [0.717, 1.165) is 22.5 Å². The summed E-state index contributed by atoms with van der Waals surface area (Å²) >= 11 is 0. The fraction of sp³-hybridized carbons (Fsp3) is 0.350. The summed E-state index contributed by atoms with van der Waals surface area (Å²) in [6.07, 6.45) is 0. The van der Waals surface area contributed by atoms with Crippen LogP contribution in [0, 0.1) is 32.1 Å². The summed E-state index contributed by atoms with van der Waals surface area (Å²) < 4.78 is 0. The number of aromatic nitrogens is 1. The van der Waals surface area contributed by atoms with Gasteiger partial charge in [-0.25, -0.2) is 4.98 Å². The van der Waals surface area contributed by atoms with Crippen molar-refractivity contribution >= 4 is 17.4 Å². The van der Waals surface area contributed by atoms with Crippen LogP contribution in [0.15, 0.2) is 30.3 Å². The summed E-state index contributed by atoms with van der Waals surface area (Å²) in [6.45, 7) is 10.1. The number of hydrogen-bond donors (Lipinski definition) is 1. The Morgan fingerprint density at radius 1 is 1.32 bits per heavy atom. The molecule has 2 aromatic rings. The van der Waals surface area contributed by atoms with Crippen molar-refractivity contribution in [1.29, 1.82) is 5.26 Å². The van der Waals surface area contributed by atoms with Gasteiger partial charge in [0.15, 0.2) is 0 Å². The van der Waals surface area contributed by atoms with Gasteiger partial charge in [0.05, 0.1) is 5.56 Å². The van der Waals surface area contributed by atoms with Crippen LogP contribution in [0.1, 0.15) is 36.2 Å². The number of likely N-dealkylation sites (N-methyl/N-ethyl adjacent to an activating group) is 1. The van der Waals surface area contributed by atoms with E-state index in [1.807, 2.05) is 58.0 Å². The molecular weight excluding hydrogens is 312 g/mol. The van der Waals surface area contributed by atoms with Gasteiger partial charge in [0.25, 0.3) is 0 Å². The van der Waals surface area contributed by atoms with Crippen LogP contribution >= 0.6 is 0 Å². The van der Waals surface area contributed by atoms with Crippen molar-refractivity contribution in [2.45, 2.75) is 40.7 Å². The minimum Gasteiger partial charge on any atom is -0.357 e. The molecule has 0 saturated heterocycles. The number of rotatable bonds is 5. The Morgan fingerprint density at radius 2 is 2.04 bits per heavy atom. The van der Waals surface area contributed by atoms with Gasteiger partial charge in [-0.3, -0.25) is 4.79 Å². The summed E-state index contributed by atoms with van der Waals surface area (Å²) in [5.74, 6) is 0.402. The molecule has 0 aliphatic heterocycles. The van der Waals surface area contributed by atoms with Crippen LogP contribution in [-0.2, 0) is 4.79 Å². The smallest absolute Gasteiger partial charge is 0.249 e. The molecule has 25 heavy (non-hydrogen) atoms. The number of pyridine rings is 1. The third kappa shape index (κ3) is 4.16. The zero-order chi connectivity index (χ0) is 18.6. The maximum Gasteiger partial charge on any atom is 0.249 e. The predicted octanol–water partition coefficient (Wildman–Crippen LogP) is 3.73. The summed E-state index contributed by atoms with van der Waals surface area (Å²) in [5, 5.41) is 12.5. The molecule has 1 aromatic heterocycles. The largest absolute Gasteiger partial charge is 0.357 e. The quantitative estimate of drug-likeness (QED) is 0.903. The van der Waals surface area contributed by atoms with Gasteiger partial charge in [-0.05, 0) is 63.9 Å². The SMILES string of the molecule is CCN(C(=O)[C@H](C)Nc1nc(C)cc(C)c1C#N)c1cccc(C)c1. The number of nitrogens with one attached hydrogen (secondary N) is 1. The number of carbonyl (C=O) groups is 1. The minimum absolute atomic E-state index is 0.0575. The molecule has 0 aliphatic rings. The first kappa shape index (κ1) is 18.5. The average Bonchev–Trinajstić information content (AvgIpc) is 2.55. The Morgan fingerprint density at radius 3 is 2.64 bits per heavy atom. The van der Waals surface area contributed by atoms with Crippen LogP contribution in [0.5, 0.6) is 0 Å². The summed E-state index contributed by atoms with van der Waals surface area (Å²) in [4.78, 5) is 19.0. The van der Waals surface area contributed by atoms with Crippen LogP contribution in [0.3, 0.4) is 0 Å². The van der Waals surface area contributed by atoms with Crippen molar-refractivity contribution < 1.29 is 4.79 Å². The van der Waals surface area contributed by atoms with Crippen molar-refractivity contribution in [2.75, 3.05) is 16.8 Å². The molecule has 1 heterocycles. The van der Waals surface area contributed by atoms with E-state index in [-0.39, 0.29) is 5.91 Å². The van der Waals surface area contributed by atoms with Crippen LogP contribution in [-0.4, -0.2) is 23.5 Å². The molecule has 0 saturated carbocycles. The molecule has 2 rings (SSSR count). The molecule has 1 aromatic carbocycles. The van der Waals surface area contributed by atoms with Crippen molar-refractivity contribution in [3.05, 3.63) is 52.7 Å². The number of aryl methyl sites for hydroxylation is 3. The second-order valence-corrected chi connectivity index (χ2v) is 6.20. The number of nitriles is 1. The van der Waals surface area contributed by atoms with Crippen molar-refractivity contribution in [1.82, 2.24) is 4.98 Å². The first-order valence-electron chi connectivity index (χ1n) is 8.40. The Hall–Kier alpha value is -2.87. The maximum absolute atomic E-state index is 12.9. The van der Waals surface area contributed by atoms with Gasteiger partial charge in [-0.1, -0.05) is 12.1 Å². The van der Waals surface area contributed by atoms with Crippen molar-refractivity contribution in [3.63, 3.8) is 0 Å². The molecule has 0 spiro atoms. The van der Waals surface area contributed by atoms with E-state index in [2.05, 4.69) is 16.4 Å². The lowest BCUT2D eigenvalue weighted by Gasteiger charge is -2.26. The fourth-order valence-corrected chi connectivity index (χ4v) is 2.84. The molecule has 0 fully saturated rings. The Balaban J connectivity index is 2.27. The highest BCUT2D eigenvalue weighted by atomic mass is 16.2. The van der Waals surface area contributed by atoms with E-state index in [4.69, 9.17) is 0 Å². The van der Waals surface area contributed by atoms with Crippen LogP contribution in [0.2, 0.25) is 0 Å². The third-order valence-electron chi connectivity index (χ3n) is 4.08. The highest BCUT2D eigenvalue weighted by Gasteiger charge is 2.22. The monoisotopic (exact) mass is 336 g/mol. The predicted molar refractivity (Wildman–Crippen MR) is 101 cm³/mol. The lowest BCUT2D eigenvalue weighted by Crippen LogP contribution is -2.41. The van der Waals surface area contributed by atoms with Gasteiger partial charge >= 0.3 is 0 Å². The molecule has 1 atom stereocenters. The van der Waals surface area contributed by atoms with Crippen molar-refractivity contribution in [3.8, 4) is 6.07 Å². The van der Waals surface area contributed by atoms with E-state index in [1.165, 1.54) is 0 Å². The standard InChI is InChI=1S/C20H24N4O/c1-6-24(17-9-7-8-13(2)10-17)20(25)16(5)23-19-18(12-21)14(3)11-15(4)22-19/h7-11,16H,6H2,1-5H3,(H,22,23)/t16-/m0/s1. The molecule has 5 nitrogen and oxygen atoms in total. The summed E-state index contributed by atoms with van der Waals surface area (Å²) in [5.41, 5.74) is 4.11. The minimum atomic E-state index is -0.499.